The molecule has 4 nitrogen and oxygen atoms in total. The Hall–Kier alpha value is -1.92. The van der Waals surface area contributed by atoms with Gasteiger partial charge < -0.3 is 4.42 Å². The van der Waals surface area contributed by atoms with Crippen LogP contribution in [0.5, 0.6) is 0 Å². The lowest BCUT2D eigenvalue weighted by molar-refractivity contribution is 0.418. The van der Waals surface area contributed by atoms with Gasteiger partial charge in [-0.15, -0.1) is 10.2 Å². The molecular weight excluding hydrogens is 325 g/mol. The van der Waals surface area contributed by atoms with Crippen molar-refractivity contribution in [2.24, 2.45) is 0 Å². The molecule has 0 N–H and O–H groups in total. The van der Waals surface area contributed by atoms with Crippen molar-refractivity contribution in [3.63, 3.8) is 0 Å². The van der Waals surface area contributed by atoms with Crippen LogP contribution in [0.1, 0.15) is 17.0 Å². The lowest BCUT2D eigenvalue weighted by Gasteiger charge is -2.02. The third-order valence-corrected chi connectivity index (χ3v) is 4.19. The highest BCUT2D eigenvalue weighted by molar-refractivity contribution is 7.98. The Bertz CT molecular complexity index is 746. The number of thioether (sulfide) groups is 1. The van der Waals surface area contributed by atoms with E-state index in [1.165, 1.54) is 17.8 Å². The molecule has 112 valence electrons. The maximum atomic E-state index is 13.7. The lowest BCUT2D eigenvalue weighted by Crippen LogP contribution is -1.94. The molecule has 2 aromatic heterocycles. The molecule has 0 saturated heterocycles. The van der Waals surface area contributed by atoms with Gasteiger partial charge in [0.2, 0.25) is 5.89 Å². The second-order valence-electron chi connectivity index (χ2n) is 4.48. The van der Waals surface area contributed by atoms with E-state index in [1.54, 1.807) is 24.5 Å². The SMILES string of the molecule is Fc1cccc(Cl)c1Cc1nnc(SCc2ccncc2)o1. The van der Waals surface area contributed by atoms with E-state index in [4.69, 9.17) is 16.0 Å². The van der Waals surface area contributed by atoms with Gasteiger partial charge in [-0.05, 0) is 29.8 Å². The highest BCUT2D eigenvalue weighted by Gasteiger charge is 2.13. The Balaban J connectivity index is 1.66. The van der Waals surface area contributed by atoms with Gasteiger partial charge in [0.15, 0.2) is 0 Å². The van der Waals surface area contributed by atoms with Crippen molar-refractivity contribution in [1.29, 1.82) is 0 Å². The molecule has 0 spiro atoms. The van der Waals surface area contributed by atoms with E-state index in [-0.39, 0.29) is 12.2 Å². The fourth-order valence-corrected chi connectivity index (χ4v) is 2.81. The summed E-state index contributed by atoms with van der Waals surface area (Å²) in [5.74, 6) is 0.658. The summed E-state index contributed by atoms with van der Waals surface area (Å²) in [6.45, 7) is 0. The predicted octanol–water partition coefficient (Wildman–Crippen LogP) is 4.14. The van der Waals surface area contributed by atoms with Crippen LogP contribution in [0, 0.1) is 5.82 Å². The molecular formula is C15H11ClFN3OS. The van der Waals surface area contributed by atoms with Gasteiger partial charge in [0, 0.05) is 28.7 Å². The highest BCUT2D eigenvalue weighted by Crippen LogP contribution is 2.25. The van der Waals surface area contributed by atoms with E-state index >= 15 is 0 Å². The molecule has 0 saturated carbocycles. The second-order valence-corrected chi connectivity index (χ2v) is 5.82. The maximum absolute atomic E-state index is 13.7. The van der Waals surface area contributed by atoms with Gasteiger partial charge in [-0.2, -0.15) is 0 Å². The number of halogens is 2. The zero-order valence-electron chi connectivity index (χ0n) is 11.4. The molecule has 0 aliphatic rings. The molecule has 0 unspecified atom stereocenters. The highest BCUT2D eigenvalue weighted by atomic mass is 35.5. The molecule has 0 bridgehead atoms. The summed E-state index contributed by atoms with van der Waals surface area (Å²) in [6, 6.07) is 8.39. The number of benzene rings is 1. The summed E-state index contributed by atoms with van der Waals surface area (Å²) in [7, 11) is 0. The summed E-state index contributed by atoms with van der Waals surface area (Å²) in [6.07, 6.45) is 3.64. The van der Waals surface area contributed by atoms with E-state index in [2.05, 4.69) is 15.2 Å². The van der Waals surface area contributed by atoms with Crippen LogP contribution in [0.25, 0.3) is 0 Å². The first kappa shape index (κ1) is 15.0. The first-order chi connectivity index (χ1) is 10.7. The first-order valence-corrected chi connectivity index (χ1v) is 7.85. The number of nitrogens with zero attached hydrogens (tertiary/aromatic N) is 3. The van der Waals surface area contributed by atoms with Crippen molar-refractivity contribution < 1.29 is 8.81 Å². The summed E-state index contributed by atoms with van der Waals surface area (Å²) >= 11 is 7.40. The third-order valence-electron chi connectivity index (χ3n) is 2.95. The smallest absolute Gasteiger partial charge is 0.276 e. The van der Waals surface area contributed by atoms with Gasteiger partial charge in [-0.1, -0.05) is 29.4 Å². The van der Waals surface area contributed by atoms with E-state index in [9.17, 15) is 4.39 Å². The Morgan fingerprint density at radius 1 is 1.14 bits per heavy atom. The average Bonchev–Trinajstić information content (AvgIpc) is 2.98. The van der Waals surface area contributed by atoms with Crippen LogP contribution < -0.4 is 0 Å². The molecule has 0 radical (unpaired) electrons. The van der Waals surface area contributed by atoms with Crippen LogP contribution in [-0.2, 0) is 12.2 Å². The number of pyridine rings is 1. The molecule has 0 atom stereocenters. The van der Waals surface area contributed by atoms with Crippen LogP contribution >= 0.6 is 23.4 Å². The number of hydrogen-bond acceptors (Lipinski definition) is 5. The molecule has 0 amide bonds. The molecule has 22 heavy (non-hydrogen) atoms. The fraction of sp³-hybridized carbons (Fsp3) is 0.133. The Kier molecular flexibility index (Phi) is 4.70. The van der Waals surface area contributed by atoms with E-state index in [0.29, 0.717) is 27.5 Å². The van der Waals surface area contributed by atoms with Crippen molar-refractivity contribution in [2.75, 3.05) is 0 Å². The van der Waals surface area contributed by atoms with Gasteiger partial charge in [-0.25, -0.2) is 4.39 Å². The molecule has 3 aromatic rings. The van der Waals surface area contributed by atoms with Gasteiger partial charge in [0.25, 0.3) is 5.22 Å². The van der Waals surface area contributed by atoms with Crippen LogP contribution in [0.3, 0.4) is 0 Å². The quantitative estimate of drug-likeness (QED) is 0.656. The van der Waals surface area contributed by atoms with E-state index in [1.807, 2.05) is 12.1 Å². The first-order valence-electron chi connectivity index (χ1n) is 6.49. The average molecular weight is 336 g/mol. The van der Waals surface area contributed by atoms with Crippen molar-refractivity contribution in [1.82, 2.24) is 15.2 Å². The fourth-order valence-electron chi connectivity index (χ4n) is 1.84. The number of rotatable bonds is 5. The van der Waals surface area contributed by atoms with E-state index in [0.717, 1.165) is 5.56 Å². The van der Waals surface area contributed by atoms with Crippen molar-refractivity contribution in [3.05, 3.63) is 70.6 Å². The minimum Gasteiger partial charge on any atom is -0.416 e. The number of hydrogen-bond donors (Lipinski definition) is 0. The normalized spacial score (nSPS) is 10.8. The Labute approximate surface area is 135 Å². The molecule has 0 aliphatic heterocycles. The predicted molar refractivity (Wildman–Crippen MR) is 82.3 cm³/mol. The van der Waals surface area contributed by atoms with Crippen molar-refractivity contribution in [2.45, 2.75) is 17.4 Å². The van der Waals surface area contributed by atoms with Crippen molar-refractivity contribution >= 4 is 23.4 Å². The standard InChI is InChI=1S/C15H11ClFN3OS/c16-12-2-1-3-13(17)11(12)8-14-19-20-15(21-14)22-9-10-4-6-18-7-5-10/h1-7H,8-9H2. The molecule has 1 aromatic carbocycles. The monoisotopic (exact) mass is 335 g/mol. The van der Waals surface area contributed by atoms with Crippen LogP contribution in [0.15, 0.2) is 52.4 Å². The zero-order valence-corrected chi connectivity index (χ0v) is 12.9. The number of aromatic nitrogens is 3. The minimum atomic E-state index is -0.378. The summed E-state index contributed by atoms with van der Waals surface area (Å²) in [5.41, 5.74) is 1.47. The summed E-state index contributed by atoms with van der Waals surface area (Å²) in [5, 5.41) is 8.68. The maximum Gasteiger partial charge on any atom is 0.276 e. The van der Waals surface area contributed by atoms with Gasteiger partial charge in [0.1, 0.15) is 5.82 Å². The van der Waals surface area contributed by atoms with Crippen LogP contribution in [-0.4, -0.2) is 15.2 Å². The van der Waals surface area contributed by atoms with Gasteiger partial charge in [0.05, 0.1) is 6.42 Å². The molecule has 3 rings (SSSR count). The second kappa shape index (κ2) is 6.89. The summed E-state index contributed by atoms with van der Waals surface area (Å²) in [4.78, 5) is 3.96. The van der Waals surface area contributed by atoms with E-state index < -0.39 is 0 Å². The Morgan fingerprint density at radius 2 is 1.95 bits per heavy atom. The molecule has 7 heteroatoms. The van der Waals surface area contributed by atoms with Gasteiger partial charge >= 0.3 is 0 Å². The van der Waals surface area contributed by atoms with Crippen molar-refractivity contribution in [3.8, 4) is 0 Å². The minimum absolute atomic E-state index is 0.175. The van der Waals surface area contributed by atoms with Crippen LogP contribution in [0.2, 0.25) is 5.02 Å². The largest absolute Gasteiger partial charge is 0.416 e. The van der Waals surface area contributed by atoms with Crippen LogP contribution in [0.4, 0.5) is 4.39 Å². The Morgan fingerprint density at radius 3 is 2.73 bits per heavy atom. The van der Waals surface area contributed by atoms with Gasteiger partial charge in [-0.3, -0.25) is 4.98 Å². The molecule has 0 aliphatic carbocycles. The molecule has 2 heterocycles. The third kappa shape index (κ3) is 3.64. The topological polar surface area (TPSA) is 51.8 Å². The zero-order chi connectivity index (χ0) is 15.4. The summed E-state index contributed by atoms with van der Waals surface area (Å²) < 4.78 is 19.2. The molecule has 0 fully saturated rings. The lowest BCUT2D eigenvalue weighted by atomic mass is 10.1.